The van der Waals surface area contributed by atoms with Gasteiger partial charge >= 0.3 is 6.18 Å². The number of hydrogen-bond donors (Lipinski definition) is 1. The summed E-state index contributed by atoms with van der Waals surface area (Å²) in [5.41, 5.74) is -1.65. The first-order valence-electron chi connectivity index (χ1n) is 8.19. The maximum atomic E-state index is 13.8. The molecule has 0 saturated carbocycles. The molecule has 0 unspecified atom stereocenters. The zero-order valence-electron chi connectivity index (χ0n) is 15.2. The summed E-state index contributed by atoms with van der Waals surface area (Å²) in [5, 5.41) is 6.41. The molecular weight excluding hydrogens is 411 g/mol. The Labute approximate surface area is 168 Å². The first-order chi connectivity index (χ1) is 13.7. The number of nitrogens with zero attached hydrogens (tertiary/aromatic N) is 2. The van der Waals surface area contributed by atoms with Gasteiger partial charge in [0, 0.05) is 11.1 Å². The number of amides is 1. The van der Waals surface area contributed by atoms with Crippen molar-refractivity contribution in [3.8, 4) is 17.2 Å². The number of alkyl halides is 3. The fraction of sp³-hybridized carbons (Fsp3) is 0.158. The molecule has 29 heavy (non-hydrogen) atoms. The number of halogens is 4. The van der Waals surface area contributed by atoms with Crippen LogP contribution in [0.3, 0.4) is 0 Å². The number of benzene rings is 2. The first kappa shape index (κ1) is 20.5. The van der Waals surface area contributed by atoms with Gasteiger partial charge in [-0.25, -0.2) is 4.68 Å². The lowest BCUT2D eigenvalue weighted by atomic mass is 10.2. The van der Waals surface area contributed by atoms with Crippen molar-refractivity contribution >= 4 is 23.2 Å². The van der Waals surface area contributed by atoms with Crippen LogP contribution >= 0.6 is 11.6 Å². The molecule has 0 radical (unpaired) electrons. The van der Waals surface area contributed by atoms with Gasteiger partial charge < -0.3 is 14.8 Å². The van der Waals surface area contributed by atoms with Crippen LogP contribution < -0.4 is 14.8 Å². The summed E-state index contributed by atoms with van der Waals surface area (Å²) >= 11 is 5.87. The minimum absolute atomic E-state index is 0.0721. The van der Waals surface area contributed by atoms with Crippen molar-refractivity contribution in [1.82, 2.24) is 9.78 Å². The van der Waals surface area contributed by atoms with E-state index in [1.165, 1.54) is 50.6 Å². The average molecular weight is 426 g/mol. The molecule has 0 atom stereocenters. The Bertz CT molecular complexity index is 1050. The van der Waals surface area contributed by atoms with E-state index in [0.717, 1.165) is 6.20 Å². The predicted molar refractivity (Wildman–Crippen MR) is 101 cm³/mol. The van der Waals surface area contributed by atoms with E-state index >= 15 is 0 Å². The topological polar surface area (TPSA) is 65.4 Å². The van der Waals surface area contributed by atoms with Gasteiger partial charge in [-0.15, -0.1) is 0 Å². The van der Waals surface area contributed by atoms with Crippen molar-refractivity contribution in [2.75, 3.05) is 19.5 Å². The van der Waals surface area contributed by atoms with Gasteiger partial charge in [-0.2, -0.15) is 18.3 Å². The summed E-state index contributed by atoms with van der Waals surface area (Å²) in [6.07, 6.45) is -3.99. The number of methoxy groups -OCH3 is 2. The quantitative estimate of drug-likeness (QED) is 0.637. The predicted octanol–water partition coefficient (Wildman–Crippen LogP) is 4.81. The molecule has 0 bridgehead atoms. The van der Waals surface area contributed by atoms with Crippen molar-refractivity contribution in [2.45, 2.75) is 6.18 Å². The Morgan fingerprint density at radius 2 is 1.90 bits per heavy atom. The summed E-state index contributed by atoms with van der Waals surface area (Å²) in [4.78, 5) is 12.7. The smallest absolute Gasteiger partial charge is 0.434 e. The molecule has 0 aliphatic carbocycles. The highest BCUT2D eigenvalue weighted by Crippen LogP contribution is 2.35. The second-order valence-corrected chi connectivity index (χ2v) is 6.25. The average Bonchev–Trinajstić information content (AvgIpc) is 3.14. The maximum absolute atomic E-state index is 13.8. The Morgan fingerprint density at radius 3 is 2.52 bits per heavy atom. The number of nitrogens with one attached hydrogen (secondary N) is 1. The van der Waals surface area contributed by atoms with Crippen LogP contribution in [-0.4, -0.2) is 29.9 Å². The van der Waals surface area contributed by atoms with Crippen molar-refractivity contribution < 1.29 is 27.4 Å². The van der Waals surface area contributed by atoms with Gasteiger partial charge in [-0.1, -0.05) is 17.7 Å². The van der Waals surface area contributed by atoms with Crippen molar-refractivity contribution in [3.63, 3.8) is 0 Å². The molecule has 0 fully saturated rings. The highest BCUT2D eigenvalue weighted by atomic mass is 35.5. The minimum Gasteiger partial charge on any atom is -0.497 e. The number of carbonyl (C=O) groups is 1. The fourth-order valence-corrected chi connectivity index (χ4v) is 2.88. The number of hydrogen-bond acceptors (Lipinski definition) is 4. The summed E-state index contributed by atoms with van der Waals surface area (Å²) in [6.45, 7) is 0. The van der Waals surface area contributed by atoms with Gasteiger partial charge in [0.05, 0.1) is 37.4 Å². The molecule has 0 aliphatic heterocycles. The highest BCUT2D eigenvalue weighted by molar-refractivity contribution is 6.30. The SMILES string of the molecule is COc1ccc(OC)c(NC(=O)c2cnn(-c3cccc(Cl)c3)c2C(F)(F)F)c1. The molecule has 0 aliphatic rings. The summed E-state index contributed by atoms with van der Waals surface area (Å²) in [6, 6.07) is 10.3. The van der Waals surface area contributed by atoms with Crippen LogP contribution in [0.25, 0.3) is 5.69 Å². The van der Waals surface area contributed by atoms with Crippen molar-refractivity contribution in [2.24, 2.45) is 0 Å². The molecule has 1 aromatic heterocycles. The van der Waals surface area contributed by atoms with E-state index in [2.05, 4.69) is 10.4 Å². The highest BCUT2D eigenvalue weighted by Gasteiger charge is 2.40. The maximum Gasteiger partial charge on any atom is 0.434 e. The molecule has 3 aromatic rings. The van der Waals surface area contributed by atoms with E-state index in [1.807, 2.05) is 0 Å². The number of carbonyl (C=O) groups excluding carboxylic acids is 1. The van der Waals surface area contributed by atoms with E-state index < -0.39 is 23.3 Å². The second kappa shape index (κ2) is 8.04. The Balaban J connectivity index is 2.04. The van der Waals surface area contributed by atoms with Gasteiger partial charge in [0.25, 0.3) is 5.91 Å². The fourth-order valence-electron chi connectivity index (χ4n) is 2.69. The third kappa shape index (κ3) is 4.29. The molecule has 152 valence electrons. The number of aromatic nitrogens is 2. The van der Waals surface area contributed by atoms with Crippen LogP contribution in [0, 0.1) is 0 Å². The molecule has 3 rings (SSSR count). The largest absolute Gasteiger partial charge is 0.497 e. The molecule has 0 saturated heterocycles. The van der Waals surface area contributed by atoms with Gasteiger partial charge in [-0.3, -0.25) is 4.79 Å². The van der Waals surface area contributed by atoms with Crippen LogP contribution in [0.2, 0.25) is 5.02 Å². The van der Waals surface area contributed by atoms with E-state index in [1.54, 1.807) is 6.07 Å². The Hall–Kier alpha value is -3.20. The number of ether oxygens (including phenoxy) is 2. The molecule has 1 heterocycles. The molecule has 1 amide bonds. The summed E-state index contributed by atoms with van der Waals surface area (Å²) in [5.74, 6) is -0.348. The van der Waals surface area contributed by atoms with Crippen LogP contribution in [-0.2, 0) is 6.18 Å². The van der Waals surface area contributed by atoms with Crippen LogP contribution in [0.4, 0.5) is 18.9 Å². The number of anilines is 1. The Kier molecular flexibility index (Phi) is 5.69. The summed E-state index contributed by atoms with van der Waals surface area (Å²) < 4.78 is 52.2. The monoisotopic (exact) mass is 425 g/mol. The lowest BCUT2D eigenvalue weighted by Crippen LogP contribution is -2.21. The van der Waals surface area contributed by atoms with E-state index in [-0.39, 0.29) is 22.1 Å². The van der Waals surface area contributed by atoms with Gasteiger partial charge in [-0.05, 0) is 30.3 Å². The summed E-state index contributed by atoms with van der Waals surface area (Å²) in [7, 11) is 2.79. The molecule has 10 heteroatoms. The zero-order valence-corrected chi connectivity index (χ0v) is 16.0. The Morgan fingerprint density at radius 1 is 1.14 bits per heavy atom. The van der Waals surface area contributed by atoms with E-state index in [4.69, 9.17) is 21.1 Å². The van der Waals surface area contributed by atoms with Crippen molar-refractivity contribution in [3.05, 3.63) is 64.9 Å². The van der Waals surface area contributed by atoms with Crippen LogP contribution in [0.15, 0.2) is 48.7 Å². The lowest BCUT2D eigenvalue weighted by Gasteiger charge is -2.14. The van der Waals surface area contributed by atoms with E-state index in [0.29, 0.717) is 10.4 Å². The molecule has 6 nitrogen and oxygen atoms in total. The zero-order chi connectivity index (χ0) is 21.2. The van der Waals surface area contributed by atoms with Crippen LogP contribution in [0.5, 0.6) is 11.5 Å². The third-order valence-electron chi connectivity index (χ3n) is 3.99. The molecule has 2 aromatic carbocycles. The normalized spacial score (nSPS) is 11.2. The standard InChI is InChI=1S/C19H15ClF3N3O3/c1-28-13-6-7-16(29-2)15(9-13)25-18(27)14-10-24-26(17(14)19(21,22)23)12-5-3-4-11(20)8-12/h3-10H,1-2H3,(H,25,27). The van der Waals surface area contributed by atoms with Gasteiger partial charge in [0.2, 0.25) is 0 Å². The molecule has 0 spiro atoms. The van der Waals surface area contributed by atoms with Crippen LogP contribution in [0.1, 0.15) is 16.1 Å². The molecule has 1 N–H and O–H groups in total. The van der Waals surface area contributed by atoms with E-state index in [9.17, 15) is 18.0 Å². The minimum atomic E-state index is -4.84. The van der Waals surface area contributed by atoms with Gasteiger partial charge in [0.15, 0.2) is 5.69 Å². The van der Waals surface area contributed by atoms with Gasteiger partial charge in [0.1, 0.15) is 11.5 Å². The van der Waals surface area contributed by atoms with Crippen molar-refractivity contribution in [1.29, 1.82) is 0 Å². The number of rotatable bonds is 5. The molecular formula is C19H15ClF3N3O3. The third-order valence-corrected chi connectivity index (χ3v) is 4.23. The first-order valence-corrected chi connectivity index (χ1v) is 8.57. The second-order valence-electron chi connectivity index (χ2n) is 5.82. The lowest BCUT2D eigenvalue weighted by molar-refractivity contribution is -0.143.